The summed E-state index contributed by atoms with van der Waals surface area (Å²) < 4.78 is 5.14. The van der Waals surface area contributed by atoms with E-state index in [4.69, 9.17) is 4.74 Å². The summed E-state index contributed by atoms with van der Waals surface area (Å²) in [5, 5.41) is 20.1. The summed E-state index contributed by atoms with van der Waals surface area (Å²) >= 11 is 0. The standard InChI is InChI=1S/C25H45N5O7/c1-15(2)14-17-16(21(32)30-36)10-9-13-37-24(35)27-12-8-7-11-18(28-20(17)31)22(33)29-19(23(34)26-6)25(3,4)5/h15-19,36H,7-14H2,1-6H3,(H,26,34)(H,27,35)(H,28,31)(H,29,33)(H,30,32)/t16-,17+,18-,19-/m0/s1. The Morgan fingerprint density at radius 3 is 2.32 bits per heavy atom. The molecule has 1 aliphatic rings. The maximum Gasteiger partial charge on any atom is 0.407 e. The number of cyclic esters (lactones) is 1. The number of rotatable bonds is 6. The van der Waals surface area contributed by atoms with Crippen LogP contribution >= 0.6 is 0 Å². The monoisotopic (exact) mass is 527 g/mol. The second kappa shape index (κ2) is 15.4. The zero-order valence-electron chi connectivity index (χ0n) is 22.9. The third-order valence-electron chi connectivity index (χ3n) is 6.37. The van der Waals surface area contributed by atoms with Crippen molar-refractivity contribution in [1.82, 2.24) is 26.7 Å². The Hall–Kier alpha value is -2.89. The molecule has 0 radical (unpaired) electrons. The number of hydrogen-bond donors (Lipinski definition) is 6. The summed E-state index contributed by atoms with van der Waals surface area (Å²) in [5.41, 5.74) is 1.06. The van der Waals surface area contributed by atoms with Gasteiger partial charge in [-0.3, -0.25) is 24.4 Å². The fraction of sp³-hybridized carbons (Fsp3) is 0.800. The zero-order valence-corrected chi connectivity index (χ0v) is 22.9. The Morgan fingerprint density at radius 1 is 1.08 bits per heavy atom. The molecule has 4 atom stereocenters. The van der Waals surface area contributed by atoms with E-state index in [0.29, 0.717) is 32.2 Å². The number of nitrogens with one attached hydrogen (secondary N) is 5. The summed E-state index contributed by atoms with van der Waals surface area (Å²) in [6.45, 7) is 9.67. The largest absolute Gasteiger partial charge is 0.450 e. The van der Waals surface area contributed by atoms with Crippen LogP contribution in [0.25, 0.3) is 0 Å². The highest BCUT2D eigenvalue weighted by Gasteiger charge is 2.38. The third kappa shape index (κ3) is 10.9. The molecular formula is C25H45N5O7. The highest BCUT2D eigenvalue weighted by Crippen LogP contribution is 2.26. The molecule has 12 nitrogen and oxygen atoms in total. The van der Waals surface area contributed by atoms with E-state index < -0.39 is 53.1 Å². The summed E-state index contributed by atoms with van der Waals surface area (Å²) in [6, 6.07) is -1.80. The molecule has 1 fully saturated rings. The minimum Gasteiger partial charge on any atom is -0.450 e. The Bertz CT molecular complexity index is 797. The number of hydroxylamine groups is 1. The lowest BCUT2D eigenvalue weighted by molar-refractivity contribution is -0.142. The van der Waals surface area contributed by atoms with Gasteiger partial charge >= 0.3 is 6.09 Å². The van der Waals surface area contributed by atoms with E-state index in [9.17, 15) is 29.2 Å². The number of hydrogen-bond acceptors (Lipinski definition) is 7. The van der Waals surface area contributed by atoms with Crippen molar-refractivity contribution in [1.29, 1.82) is 0 Å². The average molecular weight is 528 g/mol. The molecule has 6 N–H and O–H groups in total. The van der Waals surface area contributed by atoms with E-state index in [0.717, 1.165) is 0 Å². The number of carbonyl (C=O) groups excluding carboxylic acids is 5. The van der Waals surface area contributed by atoms with E-state index in [2.05, 4.69) is 21.3 Å². The minimum absolute atomic E-state index is 0.0413. The smallest absolute Gasteiger partial charge is 0.407 e. The first-order valence-electron chi connectivity index (χ1n) is 13.0. The van der Waals surface area contributed by atoms with Gasteiger partial charge in [-0.25, -0.2) is 10.3 Å². The van der Waals surface area contributed by atoms with Crippen molar-refractivity contribution >= 4 is 29.7 Å². The van der Waals surface area contributed by atoms with Crippen molar-refractivity contribution in [3.05, 3.63) is 0 Å². The zero-order chi connectivity index (χ0) is 28.2. The van der Waals surface area contributed by atoms with Crippen LogP contribution in [0.1, 0.15) is 73.1 Å². The predicted octanol–water partition coefficient (Wildman–Crippen LogP) is 1.22. The molecule has 0 aromatic carbocycles. The van der Waals surface area contributed by atoms with E-state index >= 15 is 0 Å². The molecule has 0 aromatic heterocycles. The number of likely N-dealkylation sites (N-methyl/N-ethyl adjacent to an activating group) is 1. The molecular weight excluding hydrogens is 482 g/mol. The summed E-state index contributed by atoms with van der Waals surface area (Å²) in [7, 11) is 1.49. The van der Waals surface area contributed by atoms with Crippen LogP contribution < -0.4 is 26.7 Å². The fourth-order valence-electron chi connectivity index (χ4n) is 4.35. The van der Waals surface area contributed by atoms with Gasteiger partial charge in [-0.2, -0.15) is 0 Å². The van der Waals surface area contributed by atoms with Gasteiger partial charge in [-0.1, -0.05) is 34.6 Å². The van der Waals surface area contributed by atoms with E-state index in [-0.39, 0.29) is 31.3 Å². The Labute approximate surface area is 219 Å². The van der Waals surface area contributed by atoms with E-state index in [1.54, 1.807) is 5.48 Å². The molecule has 0 spiro atoms. The fourth-order valence-corrected chi connectivity index (χ4v) is 4.35. The third-order valence-corrected chi connectivity index (χ3v) is 6.37. The van der Waals surface area contributed by atoms with Crippen LogP contribution in [0.15, 0.2) is 0 Å². The van der Waals surface area contributed by atoms with Crippen molar-refractivity contribution in [3.63, 3.8) is 0 Å². The summed E-state index contributed by atoms with van der Waals surface area (Å²) in [4.78, 5) is 63.8. The first-order valence-corrected chi connectivity index (χ1v) is 13.0. The van der Waals surface area contributed by atoms with Gasteiger partial charge in [0.15, 0.2) is 0 Å². The maximum atomic E-state index is 13.5. The predicted molar refractivity (Wildman–Crippen MR) is 136 cm³/mol. The van der Waals surface area contributed by atoms with Gasteiger partial charge in [0.2, 0.25) is 23.6 Å². The Kier molecular flexibility index (Phi) is 13.4. The molecule has 0 aromatic rings. The summed E-state index contributed by atoms with van der Waals surface area (Å²) in [5.74, 6) is -3.77. The van der Waals surface area contributed by atoms with Crippen molar-refractivity contribution < 1.29 is 33.9 Å². The Balaban J connectivity index is 3.30. The van der Waals surface area contributed by atoms with Gasteiger partial charge in [-0.05, 0) is 49.9 Å². The van der Waals surface area contributed by atoms with Crippen molar-refractivity contribution in [3.8, 4) is 0 Å². The second-order valence-corrected chi connectivity index (χ2v) is 11.0. The molecule has 37 heavy (non-hydrogen) atoms. The van der Waals surface area contributed by atoms with Crippen molar-refractivity contribution in [2.24, 2.45) is 23.2 Å². The Morgan fingerprint density at radius 2 is 1.76 bits per heavy atom. The van der Waals surface area contributed by atoms with Crippen molar-refractivity contribution in [2.75, 3.05) is 20.2 Å². The van der Waals surface area contributed by atoms with Crippen LogP contribution in [0.4, 0.5) is 4.79 Å². The summed E-state index contributed by atoms with van der Waals surface area (Å²) in [6.07, 6.45) is 1.53. The molecule has 1 rings (SSSR count). The number of carbonyl (C=O) groups is 5. The van der Waals surface area contributed by atoms with Gasteiger partial charge in [0.25, 0.3) is 0 Å². The molecule has 1 heterocycles. The lowest BCUT2D eigenvalue weighted by atomic mass is 9.81. The van der Waals surface area contributed by atoms with Crippen LogP contribution in [0.2, 0.25) is 0 Å². The highest BCUT2D eigenvalue weighted by molar-refractivity contribution is 5.94. The maximum absolute atomic E-state index is 13.5. The van der Waals surface area contributed by atoms with Gasteiger partial charge in [-0.15, -0.1) is 0 Å². The lowest BCUT2D eigenvalue weighted by Gasteiger charge is -2.32. The van der Waals surface area contributed by atoms with Crippen LogP contribution in [-0.2, 0) is 23.9 Å². The molecule has 0 bridgehead atoms. The highest BCUT2D eigenvalue weighted by atomic mass is 16.5. The molecule has 0 aliphatic carbocycles. The SMILES string of the molecule is CNC(=O)[C@H](NC(=O)[C@@H]1CCCCNC(=O)OCCC[C@H](C(=O)NO)[C@@H](CC(C)C)C(=O)N1)C(C)(C)C. The molecule has 12 heteroatoms. The second-order valence-electron chi connectivity index (χ2n) is 11.0. The molecule has 0 unspecified atom stereocenters. The number of amides is 5. The topological polar surface area (TPSA) is 175 Å². The average Bonchev–Trinajstić information content (AvgIpc) is 2.83. The van der Waals surface area contributed by atoms with E-state index in [1.807, 2.05) is 34.6 Å². The van der Waals surface area contributed by atoms with Crippen LogP contribution in [0, 0.1) is 23.2 Å². The first-order chi connectivity index (χ1) is 17.3. The number of alkyl carbamates (subject to hydrolysis) is 1. The van der Waals surface area contributed by atoms with Gasteiger partial charge in [0.05, 0.1) is 12.5 Å². The molecule has 212 valence electrons. The minimum atomic E-state index is -0.966. The van der Waals surface area contributed by atoms with Crippen LogP contribution in [-0.4, -0.2) is 67.2 Å². The molecule has 1 aliphatic heterocycles. The first kappa shape index (κ1) is 32.1. The molecule has 5 amide bonds. The van der Waals surface area contributed by atoms with Gasteiger partial charge in [0.1, 0.15) is 12.1 Å². The molecule has 1 saturated heterocycles. The van der Waals surface area contributed by atoms with Crippen molar-refractivity contribution in [2.45, 2.75) is 85.2 Å². The van der Waals surface area contributed by atoms with E-state index in [1.165, 1.54) is 7.05 Å². The lowest BCUT2D eigenvalue weighted by Crippen LogP contribution is -2.58. The quantitative estimate of drug-likeness (QED) is 0.222. The van der Waals surface area contributed by atoms with Gasteiger partial charge < -0.3 is 26.0 Å². The van der Waals surface area contributed by atoms with Crippen LogP contribution in [0.3, 0.4) is 0 Å². The van der Waals surface area contributed by atoms with Gasteiger partial charge in [0, 0.05) is 19.5 Å². The normalized spacial score (nSPS) is 23.3. The number of ether oxygens (including phenoxy) is 1. The molecule has 0 saturated carbocycles. The van der Waals surface area contributed by atoms with Crippen LogP contribution in [0.5, 0.6) is 0 Å².